The third-order valence-electron chi connectivity index (χ3n) is 5.57. The van der Waals surface area contributed by atoms with Gasteiger partial charge in [-0.05, 0) is 71.2 Å². The number of nitrogens with zero attached hydrogens (tertiary/aromatic N) is 1. The third kappa shape index (κ3) is 5.11. The maximum Gasteiger partial charge on any atom is 0.329 e. The molecule has 8 nitrogen and oxygen atoms in total. The number of hydrogen-bond donors (Lipinski definition) is 3. The predicted octanol–water partition coefficient (Wildman–Crippen LogP) is 2.33. The minimum absolute atomic E-state index is 0.0616. The molecule has 2 saturated heterocycles. The van der Waals surface area contributed by atoms with Gasteiger partial charge in [0.25, 0.3) is 5.91 Å². The maximum atomic E-state index is 12.7. The van der Waals surface area contributed by atoms with Crippen LogP contribution in [0.5, 0.6) is 5.75 Å². The Balaban J connectivity index is 1.55. The second-order valence-corrected chi connectivity index (χ2v) is 9.48. The molecule has 0 aliphatic carbocycles. The number of benzene rings is 1. The van der Waals surface area contributed by atoms with Crippen molar-refractivity contribution in [3.8, 4) is 5.75 Å². The lowest BCUT2D eigenvalue weighted by Crippen LogP contribution is -2.62. The number of carbonyl (C=O) groups is 3. The lowest BCUT2D eigenvalue weighted by molar-refractivity contribution is -0.122. The Hall–Kier alpha value is -2.61. The fourth-order valence-electron chi connectivity index (χ4n) is 4.70. The highest BCUT2D eigenvalue weighted by molar-refractivity contribution is 6.21. The highest BCUT2D eigenvalue weighted by atomic mass is 16.5. The Kier molecular flexibility index (Phi) is 6.08. The molecule has 1 aromatic carbocycles. The van der Waals surface area contributed by atoms with E-state index in [1.54, 1.807) is 31.4 Å². The molecule has 1 atom stereocenters. The number of hydrogen-bond acceptors (Lipinski definition) is 5. The molecule has 0 saturated carbocycles. The molecule has 2 heterocycles. The molecule has 0 radical (unpaired) electrons. The van der Waals surface area contributed by atoms with Crippen molar-refractivity contribution in [1.82, 2.24) is 16.0 Å². The normalized spacial score (nSPS) is 23.2. The number of urea groups is 1. The zero-order chi connectivity index (χ0) is 22.1. The van der Waals surface area contributed by atoms with Crippen LogP contribution >= 0.6 is 0 Å². The monoisotopic (exact) mass is 416 g/mol. The van der Waals surface area contributed by atoms with Crippen LogP contribution in [0.4, 0.5) is 10.5 Å². The number of piperidine rings is 1. The van der Waals surface area contributed by atoms with Gasteiger partial charge in [0.05, 0.1) is 12.8 Å². The molecule has 0 aromatic heterocycles. The van der Waals surface area contributed by atoms with Crippen LogP contribution in [-0.4, -0.2) is 48.1 Å². The van der Waals surface area contributed by atoms with Crippen LogP contribution in [0.2, 0.25) is 0 Å². The van der Waals surface area contributed by atoms with Crippen LogP contribution < -0.4 is 25.6 Å². The molecular formula is C22H32N4O4. The average molecular weight is 417 g/mol. The zero-order valence-corrected chi connectivity index (χ0v) is 18.4. The fraction of sp³-hybridized carbons (Fsp3) is 0.591. The molecule has 0 spiro atoms. The number of methoxy groups -OCH3 is 1. The van der Waals surface area contributed by atoms with Gasteiger partial charge in [0, 0.05) is 23.5 Å². The summed E-state index contributed by atoms with van der Waals surface area (Å²) in [6, 6.07) is 5.60. The van der Waals surface area contributed by atoms with Crippen molar-refractivity contribution in [2.75, 3.05) is 12.0 Å². The lowest BCUT2D eigenvalue weighted by Gasteiger charge is -2.46. The first-order valence-corrected chi connectivity index (χ1v) is 10.4. The number of anilines is 1. The van der Waals surface area contributed by atoms with Gasteiger partial charge in [-0.2, -0.15) is 0 Å². The minimum Gasteiger partial charge on any atom is -0.497 e. The summed E-state index contributed by atoms with van der Waals surface area (Å²) in [4.78, 5) is 38.7. The SMILES string of the molecule is COc1ccc(N2C(=O)N[C@@H](CCC(=O)NC3CC(C)(C)NC(C)(C)C3)C2=O)cc1. The van der Waals surface area contributed by atoms with Crippen molar-refractivity contribution in [3.63, 3.8) is 0 Å². The average Bonchev–Trinajstić information content (AvgIpc) is 2.91. The Morgan fingerprint density at radius 3 is 2.30 bits per heavy atom. The predicted molar refractivity (Wildman–Crippen MR) is 114 cm³/mol. The van der Waals surface area contributed by atoms with Crippen molar-refractivity contribution in [1.29, 1.82) is 0 Å². The summed E-state index contributed by atoms with van der Waals surface area (Å²) in [5.41, 5.74) is 0.353. The van der Waals surface area contributed by atoms with Crippen LogP contribution in [0.15, 0.2) is 24.3 Å². The summed E-state index contributed by atoms with van der Waals surface area (Å²) < 4.78 is 5.11. The van der Waals surface area contributed by atoms with Crippen LogP contribution in [0.3, 0.4) is 0 Å². The molecule has 3 N–H and O–H groups in total. The molecular weight excluding hydrogens is 384 g/mol. The van der Waals surface area contributed by atoms with Gasteiger partial charge in [-0.15, -0.1) is 0 Å². The Morgan fingerprint density at radius 2 is 1.73 bits per heavy atom. The van der Waals surface area contributed by atoms with Crippen molar-refractivity contribution in [2.24, 2.45) is 0 Å². The molecule has 0 bridgehead atoms. The topological polar surface area (TPSA) is 99.8 Å². The van der Waals surface area contributed by atoms with E-state index in [4.69, 9.17) is 4.74 Å². The Labute approximate surface area is 177 Å². The Bertz CT molecular complexity index is 803. The first-order valence-electron chi connectivity index (χ1n) is 10.4. The number of nitrogens with one attached hydrogen (secondary N) is 3. The molecule has 164 valence electrons. The van der Waals surface area contributed by atoms with Gasteiger partial charge < -0.3 is 20.7 Å². The van der Waals surface area contributed by atoms with Gasteiger partial charge >= 0.3 is 6.03 Å². The minimum atomic E-state index is -0.703. The van der Waals surface area contributed by atoms with E-state index in [1.807, 2.05) is 0 Å². The van der Waals surface area contributed by atoms with E-state index in [-0.39, 0.29) is 41.8 Å². The van der Waals surface area contributed by atoms with E-state index in [2.05, 4.69) is 43.6 Å². The molecule has 2 aliphatic heterocycles. The van der Waals surface area contributed by atoms with E-state index in [1.165, 1.54) is 0 Å². The lowest BCUT2D eigenvalue weighted by atomic mass is 9.79. The summed E-state index contributed by atoms with van der Waals surface area (Å²) in [6.07, 6.45) is 2.12. The number of amides is 4. The quantitative estimate of drug-likeness (QED) is 0.618. The van der Waals surface area contributed by atoms with Gasteiger partial charge in [-0.1, -0.05) is 0 Å². The molecule has 2 fully saturated rings. The van der Waals surface area contributed by atoms with Gasteiger partial charge in [0.2, 0.25) is 5.91 Å². The van der Waals surface area contributed by atoms with Gasteiger partial charge in [0.15, 0.2) is 0 Å². The summed E-state index contributed by atoms with van der Waals surface area (Å²) in [6.45, 7) is 8.53. The summed E-state index contributed by atoms with van der Waals surface area (Å²) in [5, 5.41) is 9.38. The molecule has 1 aromatic rings. The van der Waals surface area contributed by atoms with Gasteiger partial charge in [-0.25, -0.2) is 9.69 Å². The van der Waals surface area contributed by atoms with Crippen molar-refractivity contribution in [2.45, 2.75) is 76.5 Å². The van der Waals surface area contributed by atoms with Gasteiger partial charge in [0.1, 0.15) is 11.8 Å². The van der Waals surface area contributed by atoms with Crippen LogP contribution in [0.25, 0.3) is 0 Å². The van der Waals surface area contributed by atoms with Crippen molar-refractivity contribution < 1.29 is 19.1 Å². The molecule has 30 heavy (non-hydrogen) atoms. The van der Waals surface area contributed by atoms with Crippen LogP contribution in [-0.2, 0) is 9.59 Å². The van der Waals surface area contributed by atoms with E-state index in [0.717, 1.165) is 17.7 Å². The standard InChI is InChI=1S/C22H32N4O4/c1-21(2)12-14(13-22(3,4)25-21)23-18(27)11-10-17-19(28)26(20(29)24-17)15-6-8-16(30-5)9-7-15/h6-9,14,17,25H,10-13H2,1-5H3,(H,23,27)(H,24,29)/t17-/m0/s1. The van der Waals surface area contributed by atoms with Crippen LogP contribution in [0.1, 0.15) is 53.4 Å². The highest BCUT2D eigenvalue weighted by Gasteiger charge is 2.40. The van der Waals surface area contributed by atoms with Crippen LogP contribution in [0, 0.1) is 0 Å². The number of rotatable bonds is 6. The number of ether oxygens (including phenoxy) is 1. The van der Waals surface area contributed by atoms with Gasteiger partial charge in [-0.3, -0.25) is 9.59 Å². The second-order valence-electron chi connectivity index (χ2n) is 9.48. The molecule has 2 aliphatic rings. The molecule has 8 heteroatoms. The van der Waals surface area contributed by atoms with E-state index >= 15 is 0 Å². The molecule has 0 unspecified atom stereocenters. The second kappa shape index (κ2) is 8.26. The molecule has 3 rings (SSSR count). The zero-order valence-electron chi connectivity index (χ0n) is 18.4. The highest BCUT2D eigenvalue weighted by Crippen LogP contribution is 2.29. The first kappa shape index (κ1) is 22.1. The largest absolute Gasteiger partial charge is 0.497 e. The summed E-state index contributed by atoms with van der Waals surface area (Å²) in [5.74, 6) is 0.198. The smallest absolute Gasteiger partial charge is 0.329 e. The molecule has 4 amide bonds. The fourth-order valence-corrected chi connectivity index (χ4v) is 4.70. The van der Waals surface area contributed by atoms with E-state index in [9.17, 15) is 14.4 Å². The Morgan fingerprint density at radius 1 is 1.13 bits per heavy atom. The first-order chi connectivity index (χ1) is 14.0. The number of carbonyl (C=O) groups excluding carboxylic acids is 3. The van der Waals surface area contributed by atoms with E-state index in [0.29, 0.717) is 11.4 Å². The van der Waals surface area contributed by atoms with E-state index < -0.39 is 12.1 Å². The summed E-state index contributed by atoms with van der Waals surface area (Å²) >= 11 is 0. The third-order valence-corrected chi connectivity index (χ3v) is 5.57. The maximum absolute atomic E-state index is 12.7. The van der Waals surface area contributed by atoms with Crippen molar-refractivity contribution in [3.05, 3.63) is 24.3 Å². The summed E-state index contributed by atoms with van der Waals surface area (Å²) in [7, 11) is 1.55. The number of imide groups is 1. The van der Waals surface area contributed by atoms with Crippen molar-refractivity contribution >= 4 is 23.5 Å².